The third kappa shape index (κ3) is 1.83. The number of benzene rings is 1. The second-order valence-corrected chi connectivity index (χ2v) is 3.45. The first kappa shape index (κ1) is 9.71. The molecule has 0 aromatic heterocycles. The van der Waals surface area contributed by atoms with Gasteiger partial charge in [-0.1, -0.05) is 18.2 Å². The van der Waals surface area contributed by atoms with Crippen molar-refractivity contribution in [2.75, 3.05) is 0 Å². The quantitative estimate of drug-likeness (QED) is 0.732. The van der Waals surface area contributed by atoms with E-state index in [2.05, 4.69) is 5.32 Å². The lowest BCUT2D eigenvalue weighted by molar-refractivity contribution is -0.146. The van der Waals surface area contributed by atoms with Crippen LogP contribution in [0, 0.1) is 0 Å². The smallest absolute Gasteiger partial charge is 0.264 e. The molecular weight excluding hydrogens is 194 g/mol. The van der Waals surface area contributed by atoms with Gasteiger partial charge in [-0.3, -0.25) is 9.59 Å². The summed E-state index contributed by atoms with van der Waals surface area (Å²) in [6, 6.07) is 8.49. The molecule has 0 aliphatic carbocycles. The normalized spacial score (nSPS) is 23.9. The molecule has 1 aliphatic heterocycles. The maximum absolute atomic E-state index is 11.2. The van der Waals surface area contributed by atoms with Gasteiger partial charge < -0.3 is 10.1 Å². The number of Topliss-reactive ketones (excluding diaryl/α,β-unsaturated/α-hetero) is 1. The molecule has 0 spiro atoms. The van der Waals surface area contributed by atoms with Gasteiger partial charge in [-0.2, -0.15) is 0 Å². The molecule has 1 fully saturated rings. The van der Waals surface area contributed by atoms with Gasteiger partial charge in [-0.15, -0.1) is 0 Å². The number of hydrogen-bond acceptors (Lipinski definition) is 3. The van der Waals surface area contributed by atoms with E-state index in [1.54, 1.807) is 12.1 Å². The average Bonchev–Trinajstić information content (AvgIpc) is 2.23. The summed E-state index contributed by atoms with van der Waals surface area (Å²) in [5.74, 6) is 0.276. The van der Waals surface area contributed by atoms with Gasteiger partial charge in [0.2, 0.25) is 6.10 Å². The zero-order chi connectivity index (χ0) is 10.8. The standard InChI is InChI=1S/C11H11NO3/c1-7(13)9-10(11(14)12-9)15-8-5-3-2-4-6-8/h2-6,9-10H,1H3,(H,12,14)/t9-,10+/m1/s1. The number of amides is 1. The minimum absolute atomic E-state index is 0.0875. The van der Waals surface area contributed by atoms with Crippen LogP contribution in [0.15, 0.2) is 30.3 Å². The van der Waals surface area contributed by atoms with Crippen LogP contribution in [-0.4, -0.2) is 23.8 Å². The Morgan fingerprint density at radius 3 is 2.53 bits per heavy atom. The number of ether oxygens (including phenoxy) is 1. The average molecular weight is 205 g/mol. The van der Waals surface area contributed by atoms with Crippen molar-refractivity contribution in [1.29, 1.82) is 0 Å². The van der Waals surface area contributed by atoms with Gasteiger partial charge in [0.15, 0.2) is 5.78 Å². The Morgan fingerprint density at radius 2 is 2.00 bits per heavy atom. The molecule has 0 unspecified atom stereocenters. The van der Waals surface area contributed by atoms with Crippen LogP contribution in [0.4, 0.5) is 0 Å². The minimum Gasteiger partial charge on any atom is -0.478 e. The lowest BCUT2D eigenvalue weighted by atomic mass is 9.98. The zero-order valence-corrected chi connectivity index (χ0v) is 8.27. The highest BCUT2D eigenvalue weighted by Gasteiger charge is 2.44. The van der Waals surface area contributed by atoms with E-state index < -0.39 is 12.1 Å². The molecule has 1 heterocycles. The van der Waals surface area contributed by atoms with Crippen LogP contribution >= 0.6 is 0 Å². The second-order valence-electron chi connectivity index (χ2n) is 3.45. The van der Waals surface area contributed by atoms with Crippen LogP contribution in [0.25, 0.3) is 0 Å². The Balaban J connectivity index is 2.06. The van der Waals surface area contributed by atoms with Crippen molar-refractivity contribution >= 4 is 11.7 Å². The van der Waals surface area contributed by atoms with Crippen molar-refractivity contribution in [1.82, 2.24) is 5.32 Å². The summed E-state index contributed by atoms with van der Waals surface area (Å²) < 4.78 is 5.40. The Hall–Kier alpha value is -1.84. The van der Waals surface area contributed by atoms with Gasteiger partial charge in [-0.05, 0) is 19.1 Å². The summed E-state index contributed by atoms with van der Waals surface area (Å²) in [5, 5.41) is 2.50. The highest BCUT2D eigenvalue weighted by molar-refractivity contribution is 6.01. The van der Waals surface area contributed by atoms with Crippen LogP contribution in [0.1, 0.15) is 6.92 Å². The van der Waals surface area contributed by atoms with Crippen LogP contribution in [0.2, 0.25) is 0 Å². The fourth-order valence-corrected chi connectivity index (χ4v) is 1.45. The largest absolute Gasteiger partial charge is 0.478 e. The number of para-hydroxylation sites is 1. The van der Waals surface area contributed by atoms with Gasteiger partial charge in [0.05, 0.1) is 0 Å². The van der Waals surface area contributed by atoms with E-state index >= 15 is 0 Å². The van der Waals surface area contributed by atoms with E-state index in [9.17, 15) is 9.59 Å². The summed E-state index contributed by atoms with van der Waals surface area (Å²) in [7, 11) is 0. The zero-order valence-electron chi connectivity index (χ0n) is 8.27. The summed E-state index contributed by atoms with van der Waals surface area (Å²) in [5.41, 5.74) is 0. The summed E-state index contributed by atoms with van der Waals surface area (Å²) in [4.78, 5) is 22.2. The Kier molecular flexibility index (Phi) is 2.41. The van der Waals surface area contributed by atoms with E-state index in [1.165, 1.54) is 6.92 Å². The van der Waals surface area contributed by atoms with Gasteiger partial charge in [0, 0.05) is 0 Å². The van der Waals surface area contributed by atoms with E-state index in [4.69, 9.17) is 4.74 Å². The first-order valence-corrected chi connectivity index (χ1v) is 4.71. The number of β-lactam (4-membered cyclic amide) rings is 1. The molecule has 1 N–H and O–H groups in total. The van der Waals surface area contributed by atoms with Gasteiger partial charge in [0.25, 0.3) is 5.91 Å². The maximum Gasteiger partial charge on any atom is 0.264 e. The molecule has 1 saturated heterocycles. The van der Waals surface area contributed by atoms with Crippen molar-refractivity contribution in [2.24, 2.45) is 0 Å². The van der Waals surface area contributed by atoms with E-state index in [1.807, 2.05) is 18.2 Å². The van der Waals surface area contributed by atoms with E-state index in [0.29, 0.717) is 5.75 Å². The monoisotopic (exact) mass is 205 g/mol. The minimum atomic E-state index is -0.676. The maximum atomic E-state index is 11.2. The second kappa shape index (κ2) is 3.73. The molecule has 15 heavy (non-hydrogen) atoms. The lowest BCUT2D eigenvalue weighted by Gasteiger charge is -2.34. The molecule has 1 aromatic carbocycles. The van der Waals surface area contributed by atoms with Crippen molar-refractivity contribution in [3.8, 4) is 5.75 Å². The number of hydrogen-bond donors (Lipinski definition) is 1. The molecule has 1 aromatic rings. The fourth-order valence-electron chi connectivity index (χ4n) is 1.45. The predicted molar refractivity (Wildman–Crippen MR) is 53.5 cm³/mol. The summed E-state index contributed by atoms with van der Waals surface area (Å²) in [6.07, 6.45) is -0.676. The summed E-state index contributed by atoms with van der Waals surface area (Å²) in [6.45, 7) is 1.44. The Morgan fingerprint density at radius 1 is 1.33 bits per heavy atom. The molecule has 2 atom stereocenters. The van der Waals surface area contributed by atoms with E-state index in [0.717, 1.165) is 0 Å². The molecule has 1 amide bonds. The molecule has 2 rings (SSSR count). The molecule has 4 heteroatoms. The molecular formula is C11H11NO3. The first-order valence-electron chi connectivity index (χ1n) is 4.71. The van der Waals surface area contributed by atoms with Crippen LogP contribution in [0.3, 0.4) is 0 Å². The first-order chi connectivity index (χ1) is 7.18. The highest BCUT2D eigenvalue weighted by Crippen LogP contribution is 2.17. The van der Waals surface area contributed by atoms with Crippen LogP contribution in [0.5, 0.6) is 5.75 Å². The molecule has 0 radical (unpaired) electrons. The van der Waals surface area contributed by atoms with Gasteiger partial charge in [-0.25, -0.2) is 0 Å². The third-order valence-electron chi connectivity index (χ3n) is 2.30. The van der Waals surface area contributed by atoms with Gasteiger partial charge >= 0.3 is 0 Å². The van der Waals surface area contributed by atoms with Crippen LogP contribution in [-0.2, 0) is 9.59 Å². The van der Waals surface area contributed by atoms with Crippen molar-refractivity contribution in [2.45, 2.75) is 19.1 Å². The highest BCUT2D eigenvalue weighted by atomic mass is 16.5. The Labute approximate surface area is 87.2 Å². The topological polar surface area (TPSA) is 55.4 Å². The molecule has 78 valence electrons. The fraction of sp³-hybridized carbons (Fsp3) is 0.273. The number of rotatable bonds is 3. The molecule has 1 aliphatic rings. The number of nitrogens with one attached hydrogen (secondary N) is 1. The molecule has 0 bridgehead atoms. The number of ketones is 1. The number of carbonyl (C=O) groups is 2. The van der Waals surface area contributed by atoms with Crippen molar-refractivity contribution < 1.29 is 14.3 Å². The lowest BCUT2D eigenvalue weighted by Crippen LogP contribution is -2.67. The number of carbonyl (C=O) groups excluding carboxylic acids is 2. The molecule has 0 saturated carbocycles. The van der Waals surface area contributed by atoms with Crippen molar-refractivity contribution in [3.05, 3.63) is 30.3 Å². The summed E-state index contributed by atoms with van der Waals surface area (Å²) >= 11 is 0. The van der Waals surface area contributed by atoms with Crippen molar-refractivity contribution in [3.63, 3.8) is 0 Å². The predicted octanol–water partition coefficient (Wildman–Crippen LogP) is 0.521. The van der Waals surface area contributed by atoms with Crippen LogP contribution < -0.4 is 10.1 Å². The SMILES string of the molecule is CC(=O)[C@H]1NC(=O)[C@H]1Oc1ccccc1. The third-order valence-corrected chi connectivity index (χ3v) is 2.30. The Bertz CT molecular complexity index is 388. The van der Waals surface area contributed by atoms with Gasteiger partial charge in [0.1, 0.15) is 11.8 Å². The van der Waals surface area contributed by atoms with E-state index in [-0.39, 0.29) is 11.7 Å². The molecule has 4 nitrogen and oxygen atoms in total.